The van der Waals surface area contributed by atoms with Crippen LogP contribution in [-0.4, -0.2) is 20.1 Å². The number of nitrogens with one attached hydrogen (secondary N) is 1. The average molecular weight is 272 g/mol. The highest BCUT2D eigenvalue weighted by Gasteiger charge is 2.18. The number of anilines is 2. The van der Waals surface area contributed by atoms with E-state index in [1.807, 2.05) is 0 Å². The van der Waals surface area contributed by atoms with Crippen molar-refractivity contribution in [3.8, 4) is 11.5 Å². The van der Waals surface area contributed by atoms with Gasteiger partial charge in [-0.2, -0.15) is 0 Å². The van der Waals surface area contributed by atoms with Crippen LogP contribution < -0.4 is 20.5 Å². The maximum atomic E-state index is 12.4. The Morgan fingerprint density at radius 3 is 2.15 bits per heavy atom. The molecule has 0 heterocycles. The maximum Gasteiger partial charge on any atom is 0.263 e. The zero-order valence-corrected chi connectivity index (χ0v) is 11.3. The van der Waals surface area contributed by atoms with Crippen molar-refractivity contribution in [2.24, 2.45) is 0 Å². The Hall–Kier alpha value is -2.69. The van der Waals surface area contributed by atoms with E-state index in [2.05, 4.69) is 5.32 Å². The minimum absolute atomic E-state index is 0.334. The molecule has 0 saturated heterocycles. The molecular weight excluding hydrogens is 256 g/mol. The van der Waals surface area contributed by atoms with Gasteiger partial charge in [0, 0.05) is 0 Å². The fourth-order valence-electron chi connectivity index (χ4n) is 1.87. The van der Waals surface area contributed by atoms with E-state index in [0.29, 0.717) is 28.4 Å². The van der Waals surface area contributed by atoms with Crippen molar-refractivity contribution >= 4 is 17.3 Å². The molecule has 0 spiro atoms. The third kappa shape index (κ3) is 2.66. The molecule has 0 bridgehead atoms. The van der Waals surface area contributed by atoms with Crippen LogP contribution in [0.3, 0.4) is 0 Å². The fraction of sp³-hybridized carbons (Fsp3) is 0.133. The second-order valence-corrected chi connectivity index (χ2v) is 4.08. The first kappa shape index (κ1) is 13.7. The number of hydrogen-bond acceptors (Lipinski definition) is 4. The molecule has 0 aliphatic heterocycles. The van der Waals surface area contributed by atoms with Gasteiger partial charge in [0.1, 0.15) is 17.1 Å². The molecule has 0 saturated carbocycles. The number of para-hydroxylation sites is 2. The summed E-state index contributed by atoms with van der Waals surface area (Å²) in [5.41, 5.74) is 7.19. The topological polar surface area (TPSA) is 73.6 Å². The van der Waals surface area contributed by atoms with E-state index in [-0.39, 0.29) is 5.91 Å². The molecule has 0 radical (unpaired) electrons. The van der Waals surface area contributed by atoms with Crippen molar-refractivity contribution in [3.63, 3.8) is 0 Å². The molecular formula is C15H16N2O3. The van der Waals surface area contributed by atoms with Crippen LogP contribution in [0.5, 0.6) is 11.5 Å². The lowest BCUT2D eigenvalue weighted by Gasteiger charge is -2.13. The van der Waals surface area contributed by atoms with Crippen LogP contribution in [0.4, 0.5) is 11.4 Å². The third-order valence-electron chi connectivity index (χ3n) is 2.86. The van der Waals surface area contributed by atoms with Crippen LogP contribution in [0.2, 0.25) is 0 Å². The van der Waals surface area contributed by atoms with Gasteiger partial charge in [0.25, 0.3) is 5.91 Å². The lowest BCUT2D eigenvalue weighted by molar-refractivity contribution is 0.102. The van der Waals surface area contributed by atoms with Crippen LogP contribution in [0.15, 0.2) is 42.5 Å². The zero-order chi connectivity index (χ0) is 14.5. The first-order valence-corrected chi connectivity index (χ1v) is 6.04. The lowest BCUT2D eigenvalue weighted by atomic mass is 10.1. The summed E-state index contributed by atoms with van der Waals surface area (Å²) in [6, 6.07) is 12.2. The Bertz CT molecular complexity index is 604. The SMILES string of the molecule is COc1cccc(OC)c1C(=O)Nc1ccccc1N. The van der Waals surface area contributed by atoms with Gasteiger partial charge in [0.2, 0.25) is 0 Å². The van der Waals surface area contributed by atoms with Crippen LogP contribution in [0.25, 0.3) is 0 Å². The van der Waals surface area contributed by atoms with Gasteiger partial charge < -0.3 is 20.5 Å². The number of benzene rings is 2. The average Bonchev–Trinajstić information content (AvgIpc) is 2.48. The summed E-state index contributed by atoms with van der Waals surface area (Å²) < 4.78 is 10.4. The molecule has 104 valence electrons. The van der Waals surface area contributed by atoms with Crippen molar-refractivity contribution in [2.75, 3.05) is 25.3 Å². The lowest BCUT2D eigenvalue weighted by Crippen LogP contribution is -2.15. The molecule has 20 heavy (non-hydrogen) atoms. The predicted molar refractivity (Wildman–Crippen MR) is 78.4 cm³/mol. The Labute approximate surface area is 117 Å². The summed E-state index contributed by atoms with van der Waals surface area (Å²) in [6.45, 7) is 0. The van der Waals surface area contributed by atoms with Gasteiger partial charge in [-0.3, -0.25) is 4.79 Å². The molecule has 2 rings (SSSR count). The van der Waals surface area contributed by atoms with Crippen LogP contribution in [0, 0.1) is 0 Å². The van der Waals surface area contributed by atoms with Gasteiger partial charge in [0.15, 0.2) is 0 Å². The van der Waals surface area contributed by atoms with E-state index < -0.39 is 0 Å². The summed E-state index contributed by atoms with van der Waals surface area (Å²) in [7, 11) is 3.00. The quantitative estimate of drug-likeness (QED) is 0.839. The van der Waals surface area contributed by atoms with E-state index >= 15 is 0 Å². The number of carbonyl (C=O) groups is 1. The smallest absolute Gasteiger partial charge is 0.263 e. The predicted octanol–water partition coefficient (Wildman–Crippen LogP) is 2.54. The Morgan fingerprint density at radius 2 is 1.60 bits per heavy atom. The summed E-state index contributed by atoms with van der Waals surface area (Å²) >= 11 is 0. The summed E-state index contributed by atoms with van der Waals surface area (Å²) in [5.74, 6) is 0.546. The molecule has 3 N–H and O–H groups in total. The largest absolute Gasteiger partial charge is 0.496 e. The van der Waals surface area contributed by atoms with Gasteiger partial charge in [-0.05, 0) is 24.3 Å². The maximum absolute atomic E-state index is 12.4. The highest BCUT2D eigenvalue weighted by Crippen LogP contribution is 2.29. The molecule has 0 aromatic heterocycles. The minimum Gasteiger partial charge on any atom is -0.496 e. The Kier molecular flexibility index (Phi) is 4.10. The number of carbonyl (C=O) groups excluding carboxylic acids is 1. The van der Waals surface area contributed by atoms with Gasteiger partial charge in [0.05, 0.1) is 25.6 Å². The molecule has 0 aliphatic rings. The number of hydrogen-bond donors (Lipinski definition) is 2. The number of amides is 1. The number of nitrogens with two attached hydrogens (primary N) is 1. The fourth-order valence-corrected chi connectivity index (χ4v) is 1.87. The van der Waals surface area contributed by atoms with Gasteiger partial charge >= 0.3 is 0 Å². The van der Waals surface area contributed by atoms with Gasteiger partial charge in [-0.15, -0.1) is 0 Å². The van der Waals surface area contributed by atoms with E-state index in [1.54, 1.807) is 42.5 Å². The molecule has 0 aliphatic carbocycles. The second-order valence-electron chi connectivity index (χ2n) is 4.08. The normalized spacial score (nSPS) is 9.90. The highest BCUT2D eigenvalue weighted by atomic mass is 16.5. The Balaban J connectivity index is 2.36. The first-order valence-electron chi connectivity index (χ1n) is 6.04. The molecule has 0 atom stereocenters. The minimum atomic E-state index is -0.336. The zero-order valence-electron chi connectivity index (χ0n) is 11.3. The first-order chi connectivity index (χ1) is 9.67. The van der Waals surface area contributed by atoms with Crippen molar-refractivity contribution in [2.45, 2.75) is 0 Å². The number of nitrogen functional groups attached to an aromatic ring is 1. The van der Waals surface area contributed by atoms with E-state index in [0.717, 1.165) is 0 Å². The Morgan fingerprint density at radius 1 is 1.00 bits per heavy atom. The highest BCUT2D eigenvalue weighted by molar-refractivity contribution is 6.09. The van der Waals surface area contributed by atoms with Crippen molar-refractivity contribution in [1.29, 1.82) is 0 Å². The van der Waals surface area contributed by atoms with Crippen LogP contribution in [0.1, 0.15) is 10.4 Å². The van der Waals surface area contributed by atoms with Crippen LogP contribution >= 0.6 is 0 Å². The van der Waals surface area contributed by atoms with E-state index in [4.69, 9.17) is 15.2 Å². The molecule has 0 unspecified atom stereocenters. The van der Waals surface area contributed by atoms with Crippen molar-refractivity contribution in [3.05, 3.63) is 48.0 Å². The summed E-state index contributed by atoms with van der Waals surface area (Å²) in [5, 5.41) is 2.75. The second kappa shape index (κ2) is 5.97. The third-order valence-corrected chi connectivity index (χ3v) is 2.86. The molecule has 2 aromatic carbocycles. The molecule has 5 nitrogen and oxygen atoms in total. The molecule has 2 aromatic rings. The van der Waals surface area contributed by atoms with Gasteiger partial charge in [-0.1, -0.05) is 18.2 Å². The summed E-state index contributed by atoms with van der Waals surface area (Å²) in [4.78, 5) is 12.4. The van der Waals surface area contributed by atoms with Crippen molar-refractivity contribution < 1.29 is 14.3 Å². The number of methoxy groups -OCH3 is 2. The molecule has 5 heteroatoms. The van der Waals surface area contributed by atoms with E-state index in [1.165, 1.54) is 14.2 Å². The summed E-state index contributed by atoms with van der Waals surface area (Å²) in [6.07, 6.45) is 0. The molecule has 0 fully saturated rings. The van der Waals surface area contributed by atoms with E-state index in [9.17, 15) is 4.79 Å². The number of ether oxygens (including phenoxy) is 2. The van der Waals surface area contributed by atoms with Crippen LogP contribution in [-0.2, 0) is 0 Å². The van der Waals surface area contributed by atoms with Gasteiger partial charge in [-0.25, -0.2) is 0 Å². The monoisotopic (exact) mass is 272 g/mol. The molecule has 1 amide bonds. The standard InChI is InChI=1S/C15H16N2O3/c1-19-12-8-5-9-13(20-2)14(12)15(18)17-11-7-4-3-6-10(11)16/h3-9H,16H2,1-2H3,(H,17,18). The number of rotatable bonds is 4. The van der Waals surface area contributed by atoms with Crippen molar-refractivity contribution in [1.82, 2.24) is 0 Å².